The number of ketones is 1. The van der Waals surface area contributed by atoms with Gasteiger partial charge in [-0.25, -0.2) is 8.78 Å². The highest BCUT2D eigenvalue weighted by Gasteiger charge is 2.13. The monoisotopic (exact) mass is 354 g/mol. The molecule has 2 aromatic rings. The molecule has 5 heteroatoms. The molecule has 0 aliphatic heterocycles. The van der Waals surface area contributed by atoms with Crippen molar-refractivity contribution in [1.29, 1.82) is 0 Å². The zero-order chi connectivity index (χ0) is 15.4. The van der Waals surface area contributed by atoms with Gasteiger partial charge < -0.3 is 4.74 Å². The van der Waals surface area contributed by atoms with Crippen molar-refractivity contribution in [3.63, 3.8) is 0 Å². The number of aryl methyl sites for hydroxylation is 1. The van der Waals surface area contributed by atoms with Gasteiger partial charge in [-0.3, -0.25) is 4.79 Å². The number of ether oxygens (including phenoxy) is 1. The van der Waals surface area contributed by atoms with E-state index in [9.17, 15) is 13.6 Å². The first kappa shape index (κ1) is 15.6. The molecule has 0 N–H and O–H groups in total. The van der Waals surface area contributed by atoms with Crippen LogP contribution in [0.25, 0.3) is 0 Å². The molecular weight excluding hydrogens is 342 g/mol. The lowest BCUT2D eigenvalue weighted by Crippen LogP contribution is -2.12. The Bertz CT molecular complexity index is 631. The minimum Gasteiger partial charge on any atom is -0.481 e. The van der Waals surface area contributed by atoms with Crippen molar-refractivity contribution in [1.82, 2.24) is 0 Å². The topological polar surface area (TPSA) is 26.3 Å². The summed E-state index contributed by atoms with van der Waals surface area (Å²) in [5, 5.41) is 0. The van der Waals surface area contributed by atoms with Crippen LogP contribution >= 0.6 is 15.9 Å². The number of carbonyl (C=O) groups is 1. The largest absolute Gasteiger partial charge is 0.481 e. The number of Topliss-reactive ketones (excluding diaryl/α,β-unsaturated/α-hetero) is 1. The van der Waals surface area contributed by atoms with E-state index >= 15 is 0 Å². The highest BCUT2D eigenvalue weighted by molar-refractivity contribution is 9.10. The van der Waals surface area contributed by atoms with Crippen molar-refractivity contribution in [3.8, 4) is 5.75 Å². The lowest BCUT2D eigenvalue weighted by Gasteiger charge is -2.09. The Morgan fingerprint density at radius 2 is 1.86 bits per heavy atom. The fraction of sp³-hybridized carbons (Fsp3) is 0.188. The average molecular weight is 355 g/mol. The molecule has 2 rings (SSSR count). The van der Waals surface area contributed by atoms with Crippen LogP contribution in [0.4, 0.5) is 8.78 Å². The molecule has 0 unspecified atom stereocenters. The summed E-state index contributed by atoms with van der Waals surface area (Å²) in [6, 6.07) is 8.93. The third-order valence-electron chi connectivity index (χ3n) is 2.99. The minimum atomic E-state index is -0.851. The van der Waals surface area contributed by atoms with E-state index in [0.29, 0.717) is 11.6 Å². The molecule has 0 saturated heterocycles. The van der Waals surface area contributed by atoms with Crippen LogP contribution in [-0.2, 0) is 6.42 Å². The molecule has 110 valence electrons. The second-order valence-corrected chi connectivity index (χ2v) is 5.32. The maximum Gasteiger partial charge on any atom is 0.200 e. The highest BCUT2D eigenvalue weighted by atomic mass is 79.9. The number of benzene rings is 2. The predicted molar refractivity (Wildman–Crippen MR) is 79.7 cm³/mol. The summed E-state index contributed by atoms with van der Waals surface area (Å²) >= 11 is 3.01. The van der Waals surface area contributed by atoms with Crippen LogP contribution in [0.1, 0.15) is 22.8 Å². The van der Waals surface area contributed by atoms with Crippen LogP contribution < -0.4 is 4.74 Å². The van der Waals surface area contributed by atoms with Crippen molar-refractivity contribution in [2.45, 2.75) is 13.3 Å². The van der Waals surface area contributed by atoms with Gasteiger partial charge in [0, 0.05) is 11.6 Å². The van der Waals surface area contributed by atoms with Gasteiger partial charge >= 0.3 is 0 Å². The Morgan fingerprint density at radius 1 is 1.19 bits per heavy atom. The summed E-state index contributed by atoms with van der Waals surface area (Å²) in [5.41, 5.74) is 1.62. The molecule has 0 aliphatic carbocycles. The lowest BCUT2D eigenvalue weighted by atomic mass is 10.1. The van der Waals surface area contributed by atoms with Gasteiger partial charge in [-0.15, -0.1) is 0 Å². The average Bonchev–Trinajstić information content (AvgIpc) is 2.46. The normalized spacial score (nSPS) is 10.5. The quantitative estimate of drug-likeness (QED) is 0.736. The van der Waals surface area contributed by atoms with Gasteiger partial charge in [0.25, 0.3) is 0 Å². The van der Waals surface area contributed by atoms with E-state index in [1.54, 1.807) is 12.1 Å². The molecule has 2 nitrogen and oxygen atoms in total. The first-order chi connectivity index (χ1) is 10.0. The number of rotatable bonds is 5. The van der Waals surface area contributed by atoms with E-state index < -0.39 is 11.6 Å². The van der Waals surface area contributed by atoms with Gasteiger partial charge in [-0.2, -0.15) is 0 Å². The van der Waals surface area contributed by atoms with Gasteiger partial charge in [0.05, 0.1) is 4.47 Å². The first-order valence-electron chi connectivity index (χ1n) is 6.40. The lowest BCUT2D eigenvalue weighted by molar-refractivity contribution is 0.0918. The molecule has 0 aliphatic rings. The SMILES string of the molecule is CCc1ccc(C(=O)COc2c(F)cc(F)cc2Br)cc1. The van der Waals surface area contributed by atoms with E-state index in [2.05, 4.69) is 15.9 Å². The molecule has 0 fully saturated rings. The zero-order valence-corrected chi connectivity index (χ0v) is 12.9. The van der Waals surface area contributed by atoms with Crippen molar-refractivity contribution in [2.24, 2.45) is 0 Å². The van der Waals surface area contributed by atoms with Gasteiger partial charge in [0.15, 0.2) is 24.0 Å². The minimum absolute atomic E-state index is 0.133. The zero-order valence-electron chi connectivity index (χ0n) is 11.3. The maximum atomic E-state index is 13.6. The second kappa shape index (κ2) is 6.80. The fourth-order valence-electron chi connectivity index (χ4n) is 1.81. The van der Waals surface area contributed by atoms with Crippen LogP contribution in [0, 0.1) is 11.6 Å². The molecule has 21 heavy (non-hydrogen) atoms. The van der Waals surface area contributed by atoms with Crippen LogP contribution in [0.2, 0.25) is 0 Å². The summed E-state index contributed by atoms with van der Waals surface area (Å²) in [7, 11) is 0. The molecule has 0 spiro atoms. The van der Waals surface area contributed by atoms with Crippen LogP contribution in [0.3, 0.4) is 0 Å². The number of halogens is 3. The summed E-state index contributed by atoms with van der Waals surface area (Å²) in [4.78, 5) is 12.0. The molecule has 0 aromatic heterocycles. The number of carbonyl (C=O) groups excluding carboxylic acids is 1. The molecular formula is C16H13BrF2O2. The van der Waals surface area contributed by atoms with Crippen molar-refractivity contribution < 1.29 is 18.3 Å². The molecule has 0 radical (unpaired) electrons. The van der Waals surface area contributed by atoms with E-state index in [0.717, 1.165) is 18.1 Å². The third kappa shape index (κ3) is 3.88. The highest BCUT2D eigenvalue weighted by Crippen LogP contribution is 2.29. The molecule has 0 amide bonds. The summed E-state index contributed by atoms with van der Waals surface area (Å²) < 4.78 is 31.8. The smallest absolute Gasteiger partial charge is 0.200 e. The summed E-state index contributed by atoms with van der Waals surface area (Å²) in [5.74, 6) is -2.01. The molecule has 0 heterocycles. The summed E-state index contributed by atoms with van der Waals surface area (Å²) in [6.45, 7) is 1.71. The Labute approximate surface area is 129 Å². The van der Waals surface area contributed by atoms with E-state index in [1.165, 1.54) is 0 Å². The molecule has 2 aromatic carbocycles. The van der Waals surface area contributed by atoms with Crippen LogP contribution in [0.15, 0.2) is 40.9 Å². The van der Waals surface area contributed by atoms with Gasteiger partial charge in [-0.05, 0) is 34.0 Å². The second-order valence-electron chi connectivity index (χ2n) is 4.46. The molecule has 0 bridgehead atoms. The number of hydrogen-bond acceptors (Lipinski definition) is 2. The van der Waals surface area contributed by atoms with Gasteiger partial charge in [0.2, 0.25) is 0 Å². The van der Waals surface area contributed by atoms with Crippen LogP contribution in [-0.4, -0.2) is 12.4 Å². The van der Waals surface area contributed by atoms with Gasteiger partial charge in [0.1, 0.15) is 5.82 Å². The summed E-state index contributed by atoms with van der Waals surface area (Å²) in [6.07, 6.45) is 0.888. The van der Waals surface area contributed by atoms with E-state index in [-0.39, 0.29) is 22.6 Å². The number of hydrogen-bond donors (Lipinski definition) is 0. The first-order valence-corrected chi connectivity index (χ1v) is 7.20. The van der Waals surface area contributed by atoms with Crippen LogP contribution in [0.5, 0.6) is 5.75 Å². The van der Waals surface area contributed by atoms with E-state index in [1.807, 2.05) is 19.1 Å². The van der Waals surface area contributed by atoms with E-state index in [4.69, 9.17) is 4.74 Å². The van der Waals surface area contributed by atoms with Crippen molar-refractivity contribution in [2.75, 3.05) is 6.61 Å². The van der Waals surface area contributed by atoms with Gasteiger partial charge in [-0.1, -0.05) is 31.2 Å². The molecule has 0 saturated carbocycles. The standard InChI is InChI=1S/C16H13BrF2O2/c1-2-10-3-5-11(6-4-10)15(20)9-21-16-13(17)7-12(18)8-14(16)19/h3-8H,2,9H2,1H3. The van der Waals surface area contributed by atoms with Crippen molar-refractivity contribution >= 4 is 21.7 Å². The Hall–Kier alpha value is -1.75. The fourth-order valence-corrected chi connectivity index (χ4v) is 2.34. The van der Waals surface area contributed by atoms with Crippen molar-refractivity contribution in [3.05, 3.63) is 63.6 Å². The predicted octanol–water partition coefficient (Wildman–Crippen LogP) is 4.55. The third-order valence-corrected chi connectivity index (χ3v) is 3.58. The Morgan fingerprint density at radius 3 is 2.43 bits per heavy atom. The molecule has 0 atom stereocenters. The Balaban J connectivity index is 2.07. The maximum absolute atomic E-state index is 13.6. The Kier molecular flexibility index (Phi) is 5.07.